The van der Waals surface area contributed by atoms with Crippen molar-refractivity contribution in [3.05, 3.63) is 34.9 Å². The van der Waals surface area contributed by atoms with Gasteiger partial charge in [0.25, 0.3) is 0 Å². The van der Waals surface area contributed by atoms with Gasteiger partial charge in [0.2, 0.25) is 0 Å². The quantitative estimate of drug-likeness (QED) is 0.778. The Hall–Kier alpha value is -2.03. The molecule has 2 atom stereocenters. The highest BCUT2D eigenvalue weighted by Crippen LogP contribution is 2.39. The van der Waals surface area contributed by atoms with Crippen molar-refractivity contribution in [3.63, 3.8) is 0 Å². The molecule has 0 aromatic heterocycles. The van der Waals surface area contributed by atoms with Crippen LogP contribution in [0.5, 0.6) is 0 Å². The first-order valence-corrected chi connectivity index (χ1v) is 7.36. The fraction of sp³-hybridized carbons (Fsp3) is 0.500. The van der Waals surface area contributed by atoms with Crippen molar-refractivity contribution in [2.45, 2.75) is 44.4 Å². The molecule has 0 saturated heterocycles. The summed E-state index contributed by atoms with van der Waals surface area (Å²) in [5.74, 6) is -0.0865. The zero-order valence-corrected chi connectivity index (χ0v) is 11.9. The Morgan fingerprint density at radius 2 is 1.95 bits per heavy atom. The fourth-order valence-electron chi connectivity index (χ4n) is 3.23. The number of alkyl halides is 3. The second-order valence-corrected chi connectivity index (χ2v) is 5.73. The summed E-state index contributed by atoms with van der Waals surface area (Å²) < 4.78 is 40.0. The van der Waals surface area contributed by atoms with Crippen LogP contribution in [0, 0.1) is 17.2 Å². The highest BCUT2D eigenvalue weighted by molar-refractivity contribution is 6.04. The van der Waals surface area contributed by atoms with E-state index >= 15 is 0 Å². The van der Waals surface area contributed by atoms with Crippen LogP contribution in [0.1, 0.15) is 48.8 Å². The molecule has 3 rings (SSSR count). The zero-order chi connectivity index (χ0) is 15.7. The van der Waals surface area contributed by atoms with Crippen molar-refractivity contribution >= 4 is 5.71 Å². The molecule has 1 aromatic rings. The minimum absolute atomic E-state index is 0.00648. The van der Waals surface area contributed by atoms with Gasteiger partial charge in [-0.15, -0.1) is 0 Å². The minimum atomic E-state index is -4.52. The molecule has 1 aliphatic heterocycles. The molecule has 6 heteroatoms. The van der Waals surface area contributed by atoms with E-state index in [-0.39, 0.29) is 23.1 Å². The number of nitrogens with zero attached hydrogens (tertiary/aromatic N) is 2. The Morgan fingerprint density at radius 3 is 2.68 bits per heavy atom. The Bertz CT molecular complexity index is 646. The van der Waals surface area contributed by atoms with Crippen molar-refractivity contribution in [3.8, 4) is 6.07 Å². The average Bonchev–Trinajstić information content (AvgIpc) is 2.74. The number of rotatable bonds is 1. The monoisotopic (exact) mass is 308 g/mol. The van der Waals surface area contributed by atoms with E-state index < -0.39 is 11.7 Å². The van der Waals surface area contributed by atoms with Gasteiger partial charge in [0.05, 0.1) is 22.9 Å². The Morgan fingerprint density at radius 1 is 1.18 bits per heavy atom. The van der Waals surface area contributed by atoms with Gasteiger partial charge in [-0.05, 0) is 31.4 Å². The van der Waals surface area contributed by atoms with E-state index in [1.165, 1.54) is 12.1 Å². The Balaban J connectivity index is 2.03. The summed E-state index contributed by atoms with van der Waals surface area (Å²) in [6, 6.07) is 5.39. The molecular weight excluding hydrogens is 293 g/mol. The highest BCUT2D eigenvalue weighted by Gasteiger charge is 2.41. The maximum Gasteiger partial charge on any atom is 0.417 e. The number of hydrogen-bond donors (Lipinski definition) is 0. The lowest BCUT2D eigenvalue weighted by Crippen LogP contribution is -2.25. The van der Waals surface area contributed by atoms with Crippen LogP contribution < -0.4 is 0 Å². The molecule has 22 heavy (non-hydrogen) atoms. The third-order valence-corrected chi connectivity index (χ3v) is 4.32. The molecule has 1 saturated carbocycles. The van der Waals surface area contributed by atoms with Gasteiger partial charge in [0, 0.05) is 11.5 Å². The van der Waals surface area contributed by atoms with Gasteiger partial charge in [-0.2, -0.15) is 18.4 Å². The number of oxime groups is 1. The third kappa shape index (κ3) is 2.68. The molecule has 0 unspecified atom stereocenters. The molecule has 1 aliphatic carbocycles. The molecule has 0 radical (unpaired) electrons. The molecule has 0 amide bonds. The van der Waals surface area contributed by atoms with Crippen LogP contribution in [0.4, 0.5) is 13.2 Å². The van der Waals surface area contributed by atoms with Crippen LogP contribution in [-0.2, 0) is 11.0 Å². The number of benzene rings is 1. The predicted octanol–water partition coefficient (Wildman–Crippen LogP) is 4.26. The first-order chi connectivity index (χ1) is 10.5. The second kappa shape index (κ2) is 5.64. The maximum absolute atomic E-state index is 13.3. The zero-order valence-electron chi connectivity index (χ0n) is 11.9. The van der Waals surface area contributed by atoms with Crippen LogP contribution in [0.15, 0.2) is 23.4 Å². The average molecular weight is 308 g/mol. The largest absolute Gasteiger partial charge is 0.417 e. The van der Waals surface area contributed by atoms with Gasteiger partial charge in [0.15, 0.2) is 0 Å². The lowest BCUT2D eigenvalue weighted by molar-refractivity contribution is -0.137. The van der Waals surface area contributed by atoms with Crippen molar-refractivity contribution < 1.29 is 18.0 Å². The summed E-state index contributed by atoms with van der Waals surface area (Å²) in [5, 5.41) is 12.8. The third-order valence-electron chi connectivity index (χ3n) is 4.32. The van der Waals surface area contributed by atoms with E-state index in [2.05, 4.69) is 5.16 Å². The van der Waals surface area contributed by atoms with Gasteiger partial charge in [-0.25, -0.2) is 0 Å². The molecule has 116 valence electrons. The SMILES string of the molecule is N#Cc1ccc(C2=NO[C@H]3CCCCC[C@@H]23)c(C(F)(F)F)c1. The summed E-state index contributed by atoms with van der Waals surface area (Å²) in [6.07, 6.45) is 0.0476. The number of fused-ring (bicyclic) bond motifs is 1. The van der Waals surface area contributed by atoms with Gasteiger partial charge >= 0.3 is 6.18 Å². The Labute approximate surface area is 126 Å². The van der Waals surface area contributed by atoms with Crippen LogP contribution in [-0.4, -0.2) is 11.8 Å². The molecule has 1 heterocycles. The van der Waals surface area contributed by atoms with Gasteiger partial charge < -0.3 is 4.84 Å². The topological polar surface area (TPSA) is 45.4 Å². The normalized spacial score (nSPS) is 24.7. The van der Waals surface area contributed by atoms with Crippen molar-refractivity contribution in [1.29, 1.82) is 5.26 Å². The first-order valence-electron chi connectivity index (χ1n) is 7.36. The fourth-order valence-corrected chi connectivity index (χ4v) is 3.23. The first kappa shape index (κ1) is 14.9. The number of halogens is 3. The van der Waals surface area contributed by atoms with E-state index in [0.29, 0.717) is 5.71 Å². The predicted molar refractivity (Wildman–Crippen MR) is 74.1 cm³/mol. The summed E-state index contributed by atoms with van der Waals surface area (Å²) in [6.45, 7) is 0. The molecular formula is C16H15F3N2O. The second-order valence-electron chi connectivity index (χ2n) is 5.73. The van der Waals surface area contributed by atoms with E-state index in [9.17, 15) is 13.2 Å². The standard InChI is InChI=1S/C16H15F3N2O/c17-16(18,19)13-8-10(9-20)6-7-11(13)15-12-4-2-1-3-5-14(12)22-21-15/h6-8,12,14H,1-5H2/t12-,14+/m1/s1. The van der Waals surface area contributed by atoms with E-state index in [4.69, 9.17) is 10.1 Å². The number of hydrogen-bond acceptors (Lipinski definition) is 3. The van der Waals surface area contributed by atoms with Gasteiger partial charge in [-0.1, -0.05) is 24.1 Å². The maximum atomic E-state index is 13.3. The highest BCUT2D eigenvalue weighted by atomic mass is 19.4. The van der Waals surface area contributed by atoms with Crippen molar-refractivity contribution in [1.82, 2.24) is 0 Å². The lowest BCUT2D eigenvalue weighted by Gasteiger charge is -2.18. The van der Waals surface area contributed by atoms with Crippen LogP contribution in [0.25, 0.3) is 0 Å². The molecule has 0 bridgehead atoms. The van der Waals surface area contributed by atoms with Crippen molar-refractivity contribution in [2.24, 2.45) is 11.1 Å². The van der Waals surface area contributed by atoms with Crippen LogP contribution >= 0.6 is 0 Å². The minimum Gasteiger partial charge on any atom is -0.392 e. The van der Waals surface area contributed by atoms with Crippen molar-refractivity contribution in [2.75, 3.05) is 0 Å². The summed E-state index contributed by atoms with van der Waals surface area (Å²) in [5.41, 5.74) is -0.392. The summed E-state index contributed by atoms with van der Waals surface area (Å²) in [4.78, 5) is 5.38. The number of nitriles is 1. The summed E-state index contributed by atoms with van der Waals surface area (Å²) in [7, 11) is 0. The molecule has 1 aromatic carbocycles. The summed E-state index contributed by atoms with van der Waals surface area (Å²) >= 11 is 0. The molecule has 0 N–H and O–H groups in total. The van der Waals surface area contributed by atoms with Crippen LogP contribution in [0.2, 0.25) is 0 Å². The lowest BCUT2D eigenvalue weighted by atomic mass is 9.86. The van der Waals surface area contributed by atoms with E-state index in [1.807, 2.05) is 0 Å². The Kier molecular flexibility index (Phi) is 3.81. The van der Waals surface area contributed by atoms with E-state index in [0.717, 1.165) is 38.2 Å². The van der Waals surface area contributed by atoms with Gasteiger partial charge in [0.1, 0.15) is 6.10 Å². The van der Waals surface area contributed by atoms with Crippen LogP contribution in [0.3, 0.4) is 0 Å². The van der Waals surface area contributed by atoms with Gasteiger partial charge in [-0.3, -0.25) is 0 Å². The molecule has 0 spiro atoms. The molecule has 3 nitrogen and oxygen atoms in total. The smallest absolute Gasteiger partial charge is 0.392 e. The molecule has 2 aliphatic rings. The molecule has 1 fully saturated rings. The van der Waals surface area contributed by atoms with E-state index in [1.54, 1.807) is 6.07 Å².